The lowest BCUT2D eigenvalue weighted by Crippen LogP contribution is -2.54. The van der Waals surface area contributed by atoms with Crippen LogP contribution in [0.15, 0.2) is 54.6 Å². The van der Waals surface area contributed by atoms with E-state index in [0.29, 0.717) is 49.3 Å². The van der Waals surface area contributed by atoms with Crippen molar-refractivity contribution >= 4 is 44.5 Å². The van der Waals surface area contributed by atoms with E-state index in [1.165, 1.54) is 11.3 Å². The van der Waals surface area contributed by atoms with E-state index >= 15 is 0 Å². The van der Waals surface area contributed by atoms with Gasteiger partial charge in [-0.25, -0.2) is 9.59 Å². The highest BCUT2D eigenvalue weighted by Gasteiger charge is 2.32. The lowest BCUT2D eigenvalue weighted by Gasteiger charge is -2.42. The number of nitrogens with zero attached hydrogens (tertiary/aromatic N) is 3. The number of hydrogen-bond donors (Lipinski definition) is 2. The number of ether oxygens (including phenoxy) is 1. The molecule has 3 heterocycles. The molecule has 0 unspecified atom stereocenters. The van der Waals surface area contributed by atoms with Gasteiger partial charge in [0.1, 0.15) is 11.6 Å². The Morgan fingerprint density at radius 3 is 2.31 bits per heavy atom. The summed E-state index contributed by atoms with van der Waals surface area (Å²) >= 11 is 1.43. The molecule has 2 fully saturated rings. The Morgan fingerprint density at radius 2 is 1.59 bits per heavy atom. The first-order chi connectivity index (χ1) is 19.0. The molecule has 206 valence electrons. The van der Waals surface area contributed by atoms with E-state index in [9.17, 15) is 14.4 Å². The van der Waals surface area contributed by atoms with Crippen LogP contribution in [0.2, 0.25) is 0 Å². The Labute approximate surface area is 232 Å². The molecule has 3 aromatic rings. The van der Waals surface area contributed by atoms with Crippen molar-refractivity contribution in [3.8, 4) is 0 Å². The number of urea groups is 1. The second-order valence-corrected chi connectivity index (χ2v) is 10.9. The van der Waals surface area contributed by atoms with Gasteiger partial charge in [0.15, 0.2) is 0 Å². The largest absolute Gasteiger partial charge is 0.445 e. The highest BCUT2D eigenvalue weighted by molar-refractivity contribution is 7.23. The molecule has 0 aliphatic carbocycles. The molecule has 9 nitrogen and oxygen atoms in total. The molecule has 5 rings (SSSR count). The molecule has 2 N–H and O–H groups in total. The third-order valence-electron chi connectivity index (χ3n) is 7.42. The number of rotatable bonds is 6. The van der Waals surface area contributed by atoms with E-state index in [-0.39, 0.29) is 24.6 Å². The van der Waals surface area contributed by atoms with Crippen LogP contribution in [0, 0.1) is 0 Å². The van der Waals surface area contributed by atoms with Crippen LogP contribution in [0.5, 0.6) is 0 Å². The molecule has 4 amide bonds. The molecule has 1 aromatic heterocycles. The first kappa shape index (κ1) is 27.0. The number of fused-ring (bicyclic) bond motifs is 1. The van der Waals surface area contributed by atoms with Crippen molar-refractivity contribution in [3.05, 3.63) is 65.7 Å². The molecule has 2 saturated heterocycles. The number of piperazine rings is 1. The number of amides is 4. The second-order valence-electron chi connectivity index (χ2n) is 9.87. The van der Waals surface area contributed by atoms with Gasteiger partial charge >= 0.3 is 12.1 Å². The summed E-state index contributed by atoms with van der Waals surface area (Å²) in [5, 5.41) is 7.08. The molecule has 0 bridgehead atoms. The molecule has 0 spiro atoms. The first-order valence-corrected chi connectivity index (χ1v) is 14.4. The van der Waals surface area contributed by atoms with Crippen LogP contribution in [0.1, 0.15) is 35.7 Å². The van der Waals surface area contributed by atoms with Gasteiger partial charge < -0.3 is 19.9 Å². The van der Waals surface area contributed by atoms with E-state index in [0.717, 1.165) is 41.6 Å². The predicted molar refractivity (Wildman–Crippen MR) is 153 cm³/mol. The Hall–Kier alpha value is -3.63. The standard InChI is InChI=1S/C29H35N5O4S/c1-2-30-28(36)31-26-25(23-10-6-7-11-24(23)39-26)27(35)33-18-16-32(17-19-33)22-12-14-34(15-13-22)29(37)38-20-21-8-4-3-5-9-21/h3-11,22H,2,12-20H2,1H3,(H2,30,31,36). The summed E-state index contributed by atoms with van der Waals surface area (Å²) in [4.78, 5) is 44.6. The Bertz CT molecular complexity index is 1300. The molecule has 2 aliphatic heterocycles. The second kappa shape index (κ2) is 12.5. The van der Waals surface area contributed by atoms with Gasteiger partial charge in [0.25, 0.3) is 5.91 Å². The van der Waals surface area contributed by atoms with Gasteiger partial charge in [0.2, 0.25) is 0 Å². The lowest BCUT2D eigenvalue weighted by atomic mass is 10.0. The van der Waals surface area contributed by atoms with Crippen LogP contribution in [0.25, 0.3) is 10.1 Å². The van der Waals surface area contributed by atoms with Crippen LogP contribution < -0.4 is 10.6 Å². The normalized spacial score (nSPS) is 16.7. The minimum atomic E-state index is -0.307. The summed E-state index contributed by atoms with van der Waals surface area (Å²) in [5.41, 5.74) is 1.55. The minimum Gasteiger partial charge on any atom is -0.445 e. The number of likely N-dealkylation sites (tertiary alicyclic amines) is 1. The van der Waals surface area contributed by atoms with Crippen molar-refractivity contribution in [1.29, 1.82) is 0 Å². The van der Waals surface area contributed by atoms with Crippen LogP contribution in [-0.4, -0.2) is 84.6 Å². The number of anilines is 1. The van der Waals surface area contributed by atoms with E-state index < -0.39 is 0 Å². The van der Waals surface area contributed by atoms with Gasteiger partial charge in [-0.1, -0.05) is 48.5 Å². The average Bonchev–Trinajstić information content (AvgIpc) is 3.34. The molecule has 10 heteroatoms. The van der Waals surface area contributed by atoms with Crippen molar-refractivity contribution in [2.45, 2.75) is 32.4 Å². The number of hydrogen-bond acceptors (Lipinski definition) is 6. The third-order valence-corrected chi connectivity index (χ3v) is 8.51. The monoisotopic (exact) mass is 549 g/mol. The summed E-state index contributed by atoms with van der Waals surface area (Å²) in [7, 11) is 0. The number of benzene rings is 2. The number of thiophene rings is 1. The third kappa shape index (κ3) is 6.34. The first-order valence-electron chi connectivity index (χ1n) is 13.6. The molecular formula is C29H35N5O4S. The smallest absolute Gasteiger partial charge is 0.410 e. The molecule has 0 saturated carbocycles. The Kier molecular flexibility index (Phi) is 8.63. The Morgan fingerprint density at radius 1 is 0.897 bits per heavy atom. The SMILES string of the molecule is CCNC(=O)Nc1sc2ccccc2c1C(=O)N1CCN(C2CCN(C(=O)OCc3ccccc3)CC2)CC1. The molecule has 0 radical (unpaired) electrons. The summed E-state index contributed by atoms with van der Waals surface area (Å²) in [6.07, 6.45) is 1.53. The van der Waals surface area contributed by atoms with Crippen LogP contribution in [0.3, 0.4) is 0 Å². The number of piperidine rings is 1. The van der Waals surface area contributed by atoms with Gasteiger partial charge in [-0.05, 0) is 31.4 Å². The molecule has 0 atom stereocenters. The van der Waals surface area contributed by atoms with Gasteiger partial charge in [-0.3, -0.25) is 15.0 Å². The van der Waals surface area contributed by atoms with E-state index in [1.54, 1.807) is 4.90 Å². The zero-order chi connectivity index (χ0) is 27.2. The molecular weight excluding hydrogens is 514 g/mol. The van der Waals surface area contributed by atoms with Gasteiger partial charge in [-0.15, -0.1) is 11.3 Å². The molecule has 2 aromatic carbocycles. The number of carbonyl (C=O) groups is 3. The lowest BCUT2D eigenvalue weighted by molar-refractivity contribution is 0.0402. The average molecular weight is 550 g/mol. The van der Waals surface area contributed by atoms with Gasteiger partial charge in [0, 0.05) is 61.9 Å². The summed E-state index contributed by atoms with van der Waals surface area (Å²) in [6, 6.07) is 17.6. The van der Waals surface area contributed by atoms with Crippen molar-refractivity contribution in [2.24, 2.45) is 0 Å². The quantitative estimate of drug-likeness (QED) is 0.469. The number of nitrogens with one attached hydrogen (secondary N) is 2. The minimum absolute atomic E-state index is 0.0464. The topological polar surface area (TPSA) is 94.2 Å². The maximum atomic E-state index is 13.7. The van der Waals surface area contributed by atoms with Crippen molar-refractivity contribution in [2.75, 3.05) is 51.1 Å². The summed E-state index contributed by atoms with van der Waals surface area (Å²) < 4.78 is 6.47. The van der Waals surface area contributed by atoms with Gasteiger partial charge in [0.05, 0.1) is 5.56 Å². The predicted octanol–water partition coefficient (Wildman–Crippen LogP) is 4.60. The number of carbonyl (C=O) groups excluding carboxylic acids is 3. The van der Waals surface area contributed by atoms with E-state index in [2.05, 4.69) is 15.5 Å². The summed E-state index contributed by atoms with van der Waals surface area (Å²) in [6.45, 7) is 6.83. The molecule has 39 heavy (non-hydrogen) atoms. The highest BCUT2D eigenvalue weighted by atomic mass is 32.1. The maximum Gasteiger partial charge on any atom is 0.410 e. The zero-order valence-corrected chi connectivity index (χ0v) is 23.0. The van der Waals surface area contributed by atoms with Crippen LogP contribution >= 0.6 is 11.3 Å². The summed E-state index contributed by atoms with van der Waals surface area (Å²) in [5.74, 6) is -0.0464. The van der Waals surface area contributed by atoms with E-state index in [4.69, 9.17) is 4.74 Å². The fourth-order valence-electron chi connectivity index (χ4n) is 5.33. The van der Waals surface area contributed by atoms with Crippen molar-refractivity contribution < 1.29 is 19.1 Å². The zero-order valence-electron chi connectivity index (χ0n) is 22.2. The van der Waals surface area contributed by atoms with Crippen LogP contribution in [0.4, 0.5) is 14.6 Å². The highest BCUT2D eigenvalue weighted by Crippen LogP contribution is 2.36. The Balaban J connectivity index is 1.14. The fourth-order valence-corrected chi connectivity index (χ4v) is 6.42. The maximum absolute atomic E-state index is 13.7. The molecule has 2 aliphatic rings. The van der Waals surface area contributed by atoms with Gasteiger partial charge in [-0.2, -0.15) is 0 Å². The van der Waals surface area contributed by atoms with Crippen molar-refractivity contribution in [3.63, 3.8) is 0 Å². The van der Waals surface area contributed by atoms with Crippen LogP contribution in [-0.2, 0) is 11.3 Å². The van der Waals surface area contributed by atoms with Crippen molar-refractivity contribution in [1.82, 2.24) is 20.0 Å². The fraction of sp³-hybridized carbons (Fsp3) is 0.414. The van der Waals surface area contributed by atoms with E-state index in [1.807, 2.05) is 66.4 Å².